The average Bonchev–Trinajstić information content (AvgIpc) is 2.85. The van der Waals surface area contributed by atoms with E-state index in [1.807, 2.05) is 11.5 Å². The monoisotopic (exact) mass is 337 g/mol. The minimum absolute atomic E-state index is 0.298. The number of ether oxygens (including phenoxy) is 2. The molecule has 4 nitrogen and oxygen atoms in total. The summed E-state index contributed by atoms with van der Waals surface area (Å²) >= 11 is 0. The molecule has 24 heavy (non-hydrogen) atoms. The van der Waals surface area contributed by atoms with E-state index in [2.05, 4.69) is 4.74 Å². The molecule has 0 saturated heterocycles. The number of rotatable bonds is 3. The number of hydrogen-bond acceptors (Lipinski definition) is 3. The molecule has 0 aliphatic carbocycles. The van der Waals surface area contributed by atoms with Gasteiger partial charge in [-0.1, -0.05) is 0 Å². The van der Waals surface area contributed by atoms with Crippen molar-refractivity contribution in [2.75, 3.05) is 7.11 Å². The smallest absolute Gasteiger partial charge is 0.465 e. The van der Waals surface area contributed by atoms with Crippen LogP contribution in [0, 0.1) is 0 Å². The standard InChI is InChI=1S/C17H14F3NO3/c1-3-21-14-6-4-10(16(22)23-2)8-12(14)13-9-11(5-7-15(13)21)24-17(18,19)20/h4-9H,3H2,1-2H3. The molecule has 126 valence electrons. The largest absolute Gasteiger partial charge is 0.573 e. The molecule has 0 N–H and O–H groups in total. The molecule has 0 bridgehead atoms. The number of carbonyl (C=O) groups excluding carboxylic acids is 1. The normalized spacial score (nSPS) is 11.9. The van der Waals surface area contributed by atoms with Crippen LogP contribution in [0.3, 0.4) is 0 Å². The Morgan fingerprint density at radius 2 is 1.71 bits per heavy atom. The highest BCUT2D eigenvalue weighted by atomic mass is 19.4. The fourth-order valence-electron chi connectivity index (χ4n) is 2.87. The zero-order chi connectivity index (χ0) is 17.5. The van der Waals surface area contributed by atoms with Gasteiger partial charge in [0.05, 0.1) is 12.7 Å². The number of carbonyl (C=O) groups is 1. The second-order valence-electron chi connectivity index (χ2n) is 5.19. The lowest BCUT2D eigenvalue weighted by molar-refractivity contribution is -0.274. The highest BCUT2D eigenvalue weighted by Gasteiger charge is 2.31. The van der Waals surface area contributed by atoms with Crippen LogP contribution in [0.4, 0.5) is 13.2 Å². The molecule has 0 atom stereocenters. The van der Waals surface area contributed by atoms with Gasteiger partial charge >= 0.3 is 12.3 Å². The fraction of sp³-hybridized carbons (Fsp3) is 0.235. The first-order chi connectivity index (χ1) is 11.3. The van der Waals surface area contributed by atoms with Crippen LogP contribution in [0.1, 0.15) is 17.3 Å². The number of alkyl halides is 3. The van der Waals surface area contributed by atoms with Crippen molar-refractivity contribution in [3.05, 3.63) is 42.0 Å². The van der Waals surface area contributed by atoms with Gasteiger partial charge in [-0.2, -0.15) is 0 Å². The van der Waals surface area contributed by atoms with Crippen LogP contribution in [0.5, 0.6) is 5.75 Å². The van der Waals surface area contributed by atoms with Gasteiger partial charge in [-0.25, -0.2) is 4.79 Å². The number of fused-ring (bicyclic) bond motifs is 3. The summed E-state index contributed by atoms with van der Waals surface area (Å²) < 4.78 is 48.0. The number of aryl methyl sites for hydroxylation is 1. The Hall–Kier alpha value is -2.70. The number of hydrogen-bond donors (Lipinski definition) is 0. The lowest BCUT2D eigenvalue weighted by Gasteiger charge is -2.09. The number of halogens is 3. The van der Waals surface area contributed by atoms with Gasteiger partial charge in [0.15, 0.2) is 0 Å². The number of esters is 1. The summed E-state index contributed by atoms with van der Waals surface area (Å²) in [5.74, 6) is -0.800. The maximum absolute atomic E-state index is 12.5. The molecule has 2 aromatic carbocycles. The number of benzene rings is 2. The highest BCUT2D eigenvalue weighted by Crippen LogP contribution is 2.34. The van der Waals surface area contributed by atoms with Crippen LogP contribution < -0.4 is 4.74 Å². The third kappa shape index (κ3) is 2.77. The van der Waals surface area contributed by atoms with Crippen LogP contribution in [-0.4, -0.2) is 24.0 Å². The maximum atomic E-state index is 12.5. The van der Waals surface area contributed by atoms with Crippen molar-refractivity contribution in [1.82, 2.24) is 4.57 Å². The predicted octanol–water partition coefficient (Wildman–Crippen LogP) is 4.50. The van der Waals surface area contributed by atoms with Crippen molar-refractivity contribution in [3.63, 3.8) is 0 Å². The van der Waals surface area contributed by atoms with Gasteiger partial charge in [-0.05, 0) is 43.3 Å². The Morgan fingerprint density at radius 3 is 2.29 bits per heavy atom. The quantitative estimate of drug-likeness (QED) is 0.661. The van der Waals surface area contributed by atoms with E-state index in [0.717, 1.165) is 11.0 Å². The van der Waals surface area contributed by atoms with Crippen LogP contribution in [-0.2, 0) is 11.3 Å². The van der Waals surface area contributed by atoms with Crippen LogP contribution >= 0.6 is 0 Å². The van der Waals surface area contributed by atoms with Crippen LogP contribution in [0.2, 0.25) is 0 Å². The van der Waals surface area contributed by atoms with Crippen molar-refractivity contribution >= 4 is 27.8 Å². The first-order valence-corrected chi connectivity index (χ1v) is 7.24. The van der Waals surface area contributed by atoms with Gasteiger partial charge in [0.2, 0.25) is 0 Å². The number of methoxy groups -OCH3 is 1. The van der Waals surface area contributed by atoms with Crippen molar-refractivity contribution in [1.29, 1.82) is 0 Å². The lowest BCUT2D eigenvalue weighted by atomic mass is 10.1. The molecular weight excluding hydrogens is 323 g/mol. The second-order valence-corrected chi connectivity index (χ2v) is 5.19. The molecule has 0 aliphatic rings. The fourth-order valence-corrected chi connectivity index (χ4v) is 2.87. The Balaban J connectivity index is 2.26. The minimum Gasteiger partial charge on any atom is -0.465 e. The predicted molar refractivity (Wildman–Crippen MR) is 83.1 cm³/mol. The van der Waals surface area contributed by atoms with E-state index in [4.69, 9.17) is 4.74 Å². The Kier molecular flexibility index (Phi) is 3.87. The molecule has 3 rings (SSSR count). The molecule has 0 fully saturated rings. The van der Waals surface area contributed by atoms with Gasteiger partial charge < -0.3 is 14.0 Å². The van der Waals surface area contributed by atoms with Gasteiger partial charge in [-0.15, -0.1) is 13.2 Å². The molecule has 0 amide bonds. The summed E-state index contributed by atoms with van der Waals surface area (Å²) in [5.41, 5.74) is 1.93. The van der Waals surface area contributed by atoms with Gasteiger partial charge in [0.1, 0.15) is 5.75 Å². The summed E-state index contributed by atoms with van der Waals surface area (Å²) in [6, 6.07) is 9.20. The van der Waals surface area contributed by atoms with E-state index in [1.54, 1.807) is 24.3 Å². The van der Waals surface area contributed by atoms with E-state index in [1.165, 1.54) is 19.2 Å². The third-order valence-electron chi connectivity index (χ3n) is 3.81. The average molecular weight is 337 g/mol. The summed E-state index contributed by atoms with van der Waals surface area (Å²) in [6.45, 7) is 2.57. The van der Waals surface area contributed by atoms with Crippen LogP contribution in [0.15, 0.2) is 36.4 Å². The number of nitrogens with zero attached hydrogens (tertiary/aromatic N) is 1. The SMILES string of the molecule is CCn1c2ccc(OC(F)(F)F)cc2c2cc(C(=O)OC)ccc21. The Labute approximate surface area is 135 Å². The summed E-state index contributed by atoms with van der Waals surface area (Å²) in [6.07, 6.45) is -4.76. The molecule has 1 heterocycles. The minimum atomic E-state index is -4.76. The van der Waals surface area contributed by atoms with Gasteiger partial charge in [-0.3, -0.25) is 0 Å². The van der Waals surface area contributed by atoms with Gasteiger partial charge in [0.25, 0.3) is 0 Å². The molecular formula is C17H14F3NO3. The molecule has 3 aromatic rings. The Morgan fingerprint density at radius 1 is 1.08 bits per heavy atom. The van der Waals surface area contributed by atoms with E-state index in [-0.39, 0.29) is 5.75 Å². The maximum Gasteiger partial charge on any atom is 0.573 e. The third-order valence-corrected chi connectivity index (χ3v) is 3.81. The zero-order valence-corrected chi connectivity index (χ0v) is 13.0. The van der Waals surface area contributed by atoms with E-state index >= 15 is 0 Å². The van der Waals surface area contributed by atoms with Crippen molar-refractivity contribution in [3.8, 4) is 5.75 Å². The second kappa shape index (κ2) is 5.74. The van der Waals surface area contributed by atoms with Crippen molar-refractivity contribution in [2.24, 2.45) is 0 Å². The summed E-state index contributed by atoms with van der Waals surface area (Å²) in [7, 11) is 1.27. The summed E-state index contributed by atoms with van der Waals surface area (Å²) in [5, 5.41) is 1.25. The summed E-state index contributed by atoms with van der Waals surface area (Å²) in [4.78, 5) is 11.7. The first kappa shape index (κ1) is 16.2. The highest BCUT2D eigenvalue weighted by molar-refractivity contribution is 6.10. The lowest BCUT2D eigenvalue weighted by Crippen LogP contribution is -2.16. The molecule has 0 aliphatic heterocycles. The Bertz CT molecular complexity index is 928. The molecule has 0 saturated carbocycles. The van der Waals surface area contributed by atoms with Crippen molar-refractivity contribution in [2.45, 2.75) is 19.8 Å². The topological polar surface area (TPSA) is 40.5 Å². The molecule has 1 aromatic heterocycles. The molecule has 0 unspecified atom stereocenters. The molecule has 0 radical (unpaired) electrons. The molecule has 7 heteroatoms. The first-order valence-electron chi connectivity index (χ1n) is 7.24. The zero-order valence-electron chi connectivity index (χ0n) is 13.0. The van der Waals surface area contributed by atoms with E-state index in [0.29, 0.717) is 22.9 Å². The number of aromatic nitrogens is 1. The van der Waals surface area contributed by atoms with Crippen molar-refractivity contribution < 1.29 is 27.4 Å². The van der Waals surface area contributed by atoms with Gasteiger partial charge in [0, 0.05) is 28.4 Å². The molecule has 0 spiro atoms. The van der Waals surface area contributed by atoms with Crippen LogP contribution in [0.25, 0.3) is 21.8 Å². The van der Waals surface area contributed by atoms with E-state index < -0.39 is 12.3 Å². The van der Waals surface area contributed by atoms with E-state index in [9.17, 15) is 18.0 Å².